The summed E-state index contributed by atoms with van der Waals surface area (Å²) >= 11 is 5.99. The summed E-state index contributed by atoms with van der Waals surface area (Å²) in [6.45, 7) is 1.63. The zero-order valence-corrected chi connectivity index (χ0v) is 22.7. The lowest BCUT2D eigenvalue weighted by Gasteiger charge is -2.49. The van der Waals surface area contributed by atoms with Gasteiger partial charge in [-0.25, -0.2) is 14.1 Å². The van der Waals surface area contributed by atoms with Crippen LogP contribution in [0.15, 0.2) is 48.0 Å². The second-order valence-corrected chi connectivity index (χ2v) is 11.4. The summed E-state index contributed by atoms with van der Waals surface area (Å²) in [6, 6.07) is 6.96. The van der Waals surface area contributed by atoms with Crippen molar-refractivity contribution in [3.8, 4) is 11.5 Å². The normalized spacial score (nSPS) is 30.6. The van der Waals surface area contributed by atoms with E-state index in [2.05, 4.69) is 0 Å². The maximum absolute atomic E-state index is 14.4. The summed E-state index contributed by atoms with van der Waals surface area (Å²) in [5.41, 5.74) is 4.79. The van der Waals surface area contributed by atoms with E-state index >= 15 is 0 Å². The molecule has 6 atom stereocenters. The smallest absolute Gasteiger partial charge is 0.328 e. The predicted octanol–water partition coefficient (Wildman–Crippen LogP) is 3.50. The number of carbonyl (C=O) groups is 5. The Labute approximate surface area is 238 Å². The first-order valence-corrected chi connectivity index (χ1v) is 13.4. The molecule has 2 aliphatic heterocycles. The fourth-order valence-electron chi connectivity index (χ4n) is 7.41. The highest BCUT2D eigenvalue weighted by molar-refractivity contribution is 6.31. The number of carbonyl (C=O) groups excluding carboxylic acids is 5. The number of allylic oxidation sites excluding steroid dienone is 2. The molecule has 0 aromatic heterocycles. The molecule has 1 saturated carbocycles. The molecule has 3 fully saturated rings. The highest BCUT2D eigenvalue weighted by Gasteiger charge is 2.68. The number of fused-ring (bicyclic) bond motifs is 4. The van der Waals surface area contributed by atoms with Crippen LogP contribution in [0.25, 0.3) is 0 Å². The van der Waals surface area contributed by atoms with Gasteiger partial charge in [0, 0.05) is 11.5 Å². The Morgan fingerprint density at radius 2 is 1.85 bits per heavy atom. The van der Waals surface area contributed by atoms with Gasteiger partial charge in [0.05, 0.1) is 41.0 Å². The van der Waals surface area contributed by atoms with Crippen molar-refractivity contribution in [3.05, 3.63) is 64.5 Å². The first kappa shape index (κ1) is 26.9. The van der Waals surface area contributed by atoms with Crippen LogP contribution in [0.4, 0.5) is 14.9 Å². The summed E-state index contributed by atoms with van der Waals surface area (Å²) < 4.78 is 19.6. The summed E-state index contributed by atoms with van der Waals surface area (Å²) in [4.78, 5) is 68.3. The van der Waals surface area contributed by atoms with Crippen LogP contribution < -0.4 is 15.4 Å². The van der Waals surface area contributed by atoms with Gasteiger partial charge in [-0.2, -0.15) is 4.90 Å². The number of phenols is 1. The van der Waals surface area contributed by atoms with Gasteiger partial charge < -0.3 is 15.6 Å². The second-order valence-electron chi connectivity index (χ2n) is 11.0. The van der Waals surface area contributed by atoms with Crippen LogP contribution in [-0.4, -0.2) is 46.8 Å². The van der Waals surface area contributed by atoms with Crippen molar-refractivity contribution in [2.75, 3.05) is 12.0 Å². The minimum Gasteiger partial charge on any atom is -0.508 e. The van der Waals surface area contributed by atoms with Gasteiger partial charge in [-0.05, 0) is 56.0 Å². The molecule has 4 aliphatic rings. The van der Waals surface area contributed by atoms with Crippen LogP contribution in [0.3, 0.4) is 0 Å². The van der Waals surface area contributed by atoms with E-state index < -0.39 is 70.5 Å². The molecule has 6 rings (SSSR count). The number of likely N-dealkylation sites (tertiary alicyclic amines) is 1. The number of halogens is 2. The number of primary amides is 1. The standard InChI is InChI=1S/C29H25ClFN3O7/c1-29-16(25(37)33(27(29)39)12-6-9-18(31)17(30)10-12)11-15-13(23(29)22-19(35)4-3-5-20(22)41-2)7-8-14-21(15)26(38)34(24(14)36)28(32)40/h3-7,9-10,14-16,21,23,35H,8,11H2,1-2H3,(H2,32,40). The molecular weight excluding hydrogens is 557 g/mol. The fraction of sp³-hybridized carbons (Fsp3) is 0.345. The van der Waals surface area contributed by atoms with Crippen molar-refractivity contribution in [2.45, 2.75) is 25.7 Å². The molecule has 0 bridgehead atoms. The predicted molar refractivity (Wildman–Crippen MR) is 142 cm³/mol. The molecule has 2 aromatic carbocycles. The number of imide groups is 4. The lowest BCUT2D eigenvalue weighted by Crippen LogP contribution is -2.49. The Kier molecular flexibility index (Phi) is 6.00. The maximum Gasteiger partial charge on any atom is 0.328 e. The molecule has 41 heavy (non-hydrogen) atoms. The monoisotopic (exact) mass is 581 g/mol. The van der Waals surface area contributed by atoms with E-state index in [0.717, 1.165) is 11.0 Å². The molecule has 10 nitrogen and oxygen atoms in total. The van der Waals surface area contributed by atoms with Gasteiger partial charge in [0.15, 0.2) is 0 Å². The van der Waals surface area contributed by atoms with E-state index in [0.29, 0.717) is 10.5 Å². The first-order valence-electron chi connectivity index (χ1n) is 13.0. The lowest BCUT2D eigenvalue weighted by molar-refractivity contribution is -0.136. The van der Waals surface area contributed by atoms with Crippen molar-refractivity contribution in [1.29, 1.82) is 0 Å². The first-order chi connectivity index (χ1) is 19.4. The van der Waals surface area contributed by atoms with E-state index in [9.17, 15) is 33.5 Å². The van der Waals surface area contributed by atoms with Crippen LogP contribution >= 0.6 is 11.6 Å². The number of hydrogen-bond acceptors (Lipinski definition) is 7. The van der Waals surface area contributed by atoms with Crippen LogP contribution in [0.1, 0.15) is 31.2 Å². The van der Waals surface area contributed by atoms with Gasteiger partial charge in [-0.15, -0.1) is 0 Å². The van der Waals surface area contributed by atoms with Crippen molar-refractivity contribution in [1.82, 2.24) is 4.90 Å². The summed E-state index contributed by atoms with van der Waals surface area (Å²) in [5, 5.41) is 10.9. The van der Waals surface area contributed by atoms with Gasteiger partial charge in [-0.3, -0.25) is 19.2 Å². The van der Waals surface area contributed by atoms with E-state index in [1.165, 1.54) is 25.3 Å². The molecule has 6 amide bonds. The average molecular weight is 582 g/mol. The third-order valence-corrected chi connectivity index (χ3v) is 9.50. The highest BCUT2D eigenvalue weighted by atomic mass is 35.5. The topological polar surface area (TPSA) is 147 Å². The van der Waals surface area contributed by atoms with E-state index in [1.54, 1.807) is 25.1 Å². The zero-order valence-electron chi connectivity index (χ0n) is 22.0. The molecule has 212 valence electrons. The molecule has 12 heteroatoms. The third-order valence-electron chi connectivity index (χ3n) is 9.21. The number of benzene rings is 2. The number of nitrogens with two attached hydrogens (primary N) is 1. The number of aromatic hydroxyl groups is 1. The quantitative estimate of drug-likeness (QED) is 0.416. The number of rotatable bonds is 3. The van der Waals surface area contributed by atoms with Crippen molar-refractivity contribution >= 4 is 46.9 Å². The minimum atomic E-state index is -1.48. The van der Waals surface area contributed by atoms with Crippen LogP contribution in [-0.2, 0) is 19.2 Å². The largest absolute Gasteiger partial charge is 0.508 e. The number of hydrogen-bond donors (Lipinski definition) is 2. The molecule has 6 unspecified atom stereocenters. The van der Waals surface area contributed by atoms with Gasteiger partial charge in [-0.1, -0.05) is 29.3 Å². The van der Waals surface area contributed by atoms with Crippen LogP contribution in [0.2, 0.25) is 5.02 Å². The molecule has 0 spiro atoms. The number of phenolic OH excluding ortho intramolecular Hbond substituents is 1. The Balaban J connectivity index is 1.57. The van der Waals surface area contributed by atoms with Crippen LogP contribution in [0, 0.1) is 34.9 Å². The van der Waals surface area contributed by atoms with Gasteiger partial charge >= 0.3 is 6.03 Å². The molecule has 2 aliphatic carbocycles. The van der Waals surface area contributed by atoms with E-state index in [4.69, 9.17) is 22.1 Å². The van der Waals surface area contributed by atoms with Crippen molar-refractivity contribution in [2.24, 2.45) is 34.8 Å². The molecule has 2 saturated heterocycles. The number of nitrogens with zero attached hydrogens (tertiary/aromatic N) is 2. The van der Waals surface area contributed by atoms with E-state index in [1.807, 2.05) is 0 Å². The van der Waals surface area contributed by atoms with Crippen molar-refractivity contribution < 1.29 is 38.2 Å². The minimum absolute atomic E-state index is 0.0114. The number of anilines is 1. The average Bonchev–Trinajstić information content (AvgIpc) is 3.30. The number of methoxy groups -OCH3 is 1. The fourth-order valence-corrected chi connectivity index (χ4v) is 7.59. The number of amides is 6. The maximum atomic E-state index is 14.4. The molecule has 0 radical (unpaired) electrons. The van der Waals surface area contributed by atoms with Crippen molar-refractivity contribution in [3.63, 3.8) is 0 Å². The summed E-state index contributed by atoms with van der Waals surface area (Å²) in [7, 11) is 1.40. The molecule has 3 N–H and O–H groups in total. The Hall–Kier alpha value is -4.25. The lowest BCUT2D eigenvalue weighted by atomic mass is 9.51. The third kappa shape index (κ3) is 3.51. The molecule has 2 aromatic rings. The van der Waals surface area contributed by atoms with Gasteiger partial charge in [0.25, 0.3) is 0 Å². The SMILES string of the molecule is COc1cccc(O)c1C1C2=CCC3C(=O)N(C(N)=O)C(=O)C3C2CC2C(=O)N(c3ccc(F)c(Cl)c3)C(=O)C21C. The van der Waals surface area contributed by atoms with Crippen LogP contribution in [0.5, 0.6) is 11.5 Å². The summed E-state index contributed by atoms with van der Waals surface area (Å²) in [5.74, 6) is -7.84. The van der Waals surface area contributed by atoms with Gasteiger partial charge in [0.1, 0.15) is 17.3 Å². The molecule has 2 heterocycles. The zero-order chi connectivity index (χ0) is 29.5. The highest BCUT2D eigenvalue weighted by Crippen LogP contribution is 2.65. The second kappa shape index (κ2) is 9.13. The Morgan fingerprint density at radius 3 is 2.51 bits per heavy atom. The van der Waals surface area contributed by atoms with E-state index in [-0.39, 0.29) is 40.6 Å². The number of urea groups is 1. The number of ether oxygens (including phenoxy) is 1. The Morgan fingerprint density at radius 1 is 1.12 bits per heavy atom. The van der Waals surface area contributed by atoms with Gasteiger partial charge in [0.2, 0.25) is 23.6 Å². The molecular formula is C29H25ClFN3O7. The summed E-state index contributed by atoms with van der Waals surface area (Å²) in [6.07, 6.45) is 1.86. The Bertz CT molecular complexity index is 1610.